The monoisotopic (exact) mass is 191 g/mol. The van der Waals surface area contributed by atoms with Gasteiger partial charge in [0, 0.05) is 6.04 Å². The van der Waals surface area contributed by atoms with Crippen LogP contribution >= 0.6 is 0 Å². The maximum Gasteiger partial charge on any atom is 0.00791 e. The van der Waals surface area contributed by atoms with E-state index in [0.29, 0.717) is 6.04 Å². The van der Waals surface area contributed by atoms with Gasteiger partial charge in [-0.25, -0.2) is 0 Å². The summed E-state index contributed by atoms with van der Waals surface area (Å²) in [5, 5.41) is 0. The second-order valence-corrected chi connectivity index (χ2v) is 5.67. The molecule has 0 amide bonds. The summed E-state index contributed by atoms with van der Waals surface area (Å²) in [6.07, 6.45) is 12.4. The normalized spacial score (nSPS) is 49.4. The molecule has 3 fully saturated rings. The van der Waals surface area contributed by atoms with E-state index in [0.717, 1.165) is 17.8 Å². The number of hydrogen-bond donors (Lipinski definition) is 1. The number of nitrogens with two attached hydrogens (primary N) is 1. The number of allylic oxidation sites excluding steroid dienone is 1. The molecular formula is C13H21N. The Kier molecular flexibility index (Phi) is 2.16. The van der Waals surface area contributed by atoms with Crippen molar-refractivity contribution in [2.75, 3.05) is 0 Å². The number of rotatable bonds is 1. The van der Waals surface area contributed by atoms with Crippen LogP contribution in [0.1, 0.15) is 44.9 Å². The van der Waals surface area contributed by atoms with Crippen molar-refractivity contribution in [1.82, 2.24) is 0 Å². The minimum absolute atomic E-state index is 0.472. The van der Waals surface area contributed by atoms with Crippen LogP contribution in [0.4, 0.5) is 0 Å². The molecule has 4 unspecified atom stereocenters. The van der Waals surface area contributed by atoms with Crippen molar-refractivity contribution in [3.63, 3.8) is 0 Å². The van der Waals surface area contributed by atoms with E-state index in [9.17, 15) is 0 Å². The van der Waals surface area contributed by atoms with E-state index in [4.69, 9.17) is 5.73 Å². The van der Waals surface area contributed by atoms with Crippen molar-refractivity contribution in [3.05, 3.63) is 11.6 Å². The smallest absolute Gasteiger partial charge is 0.00791 e. The van der Waals surface area contributed by atoms with E-state index in [-0.39, 0.29) is 0 Å². The van der Waals surface area contributed by atoms with Crippen molar-refractivity contribution < 1.29 is 0 Å². The quantitative estimate of drug-likeness (QED) is 0.634. The summed E-state index contributed by atoms with van der Waals surface area (Å²) in [5.74, 6) is 3.07. The Morgan fingerprint density at radius 2 is 2.07 bits per heavy atom. The molecule has 0 aliphatic heterocycles. The molecule has 0 saturated heterocycles. The minimum Gasteiger partial charge on any atom is -0.327 e. The fraction of sp³-hybridized carbons (Fsp3) is 0.846. The lowest BCUT2D eigenvalue weighted by molar-refractivity contribution is 0.392. The molecule has 1 nitrogen and oxygen atoms in total. The number of hydrogen-bond acceptors (Lipinski definition) is 1. The Morgan fingerprint density at radius 3 is 2.64 bits per heavy atom. The second kappa shape index (κ2) is 3.37. The fourth-order valence-electron chi connectivity index (χ4n) is 3.86. The molecule has 78 valence electrons. The topological polar surface area (TPSA) is 26.0 Å². The molecule has 0 radical (unpaired) electrons. The van der Waals surface area contributed by atoms with Gasteiger partial charge in [0.1, 0.15) is 0 Å². The lowest BCUT2D eigenvalue weighted by atomic mass is 9.87. The van der Waals surface area contributed by atoms with Crippen LogP contribution < -0.4 is 5.73 Å². The van der Waals surface area contributed by atoms with Crippen molar-refractivity contribution >= 4 is 0 Å². The largest absolute Gasteiger partial charge is 0.327 e. The Balaban J connectivity index is 1.67. The van der Waals surface area contributed by atoms with Gasteiger partial charge in [-0.1, -0.05) is 18.1 Å². The zero-order valence-corrected chi connectivity index (χ0v) is 8.91. The van der Waals surface area contributed by atoms with Crippen molar-refractivity contribution in [3.8, 4) is 0 Å². The Bertz CT molecular complexity index is 256. The Morgan fingerprint density at radius 1 is 1.14 bits per heavy atom. The van der Waals surface area contributed by atoms with Crippen LogP contribution in [0.3, 0.4) is 0 Å². The van der Waals surface area contributed by atoms with Gasteiger partial charge in [0.15, 0.2) is 0 Å². The molecule has 3 aliphatic rings. The summed E-state index contributed by atoms with van der Waals surface area (Å²) in [6.45, 7) is 0. The molecule has 4 atom stereocenters. The van der Waals surface area contributed by atoms with Gasteiger partial charge in [-0.2, -0.15) is 0 Å². The molecule has 0 aromatic rings. The SMILES string of the molecule is NC1CC/C(=C/C2CC3CCC2C3)C1. The van der Waals surface area contributed by atoms with Gasteiger partial charge in [0.05, 0.1) is 0 Å². The first-order valence-electron chi connectivity index (χ1n) is 6.26. The molecule has 0 aromatic heterocycles. The summed E-state index contributed by atoms with van der Waals surface area (Å²) >= 11 is 0. The van der Waals surface area contributed by atoms with Crippen LogP contribution in [0, 0.1) is 17.8 Å². The van der Waals surface area contributed by atoms with Crippen LogP contribution in [0.25, 0.3) is 0 Å². The molecule has 1 heteroatoms. The third kappa shape index (κ3) is 1.52. The van der Waals surface area contributed by atoms with Crippen molar-refractivity contribution in [2.24, 2.45) is 23.5 Å². The zero-order valence-electron chi connectivity index (χ0n) is 8.91. The minimum atomic E-state index is 0.472. The highest BCUT2D eigenvalue weighted by Gasteiger charge is 2.38. The van der Waals surface area contributed by atoms with E-state index in [1.165, 1.54) is 44.9 Å². The third-order valence-corrected chi connectivity index (χ3v) is 4.60. The zero-order chi connectivity index (χ0) is 9.54. The maximum atomic E-state index is 5.93. The highest BCUT2D eigenvalue weighted by atomic mass is 14.6. The van der Waals surface area contributed by atoms with Crippen LogP contribution in [0.15, 0.2) is 11.6 Å². The van der Waals surface area contributed by atoms with Gasteiger partial charge in [-0.3, -0.25) is 0 Å². The third-order valence-electron chi connectivity index (χ3n) is 4.60. The maximum absolute atomic E-state index is 5.93. The fourth-order valence-corrected chi connectivity index (χ4v) is 3.86. The van der Waals surface area contributed by atoms with Crippen LogP contribution in [-0.2, 0) is 0 Å². The predicted molar refractivity (Wildman–Crippen MR) is 58.8 cm³/mol. The number of fused-ring (bicyclic) bond motifs is 2. The molecule has 0 aromatic carbocycles. The molecule has 3 aliphatic carbocycles. The summed E-state index contributed by atoms with van der Waals surface area (Å²) < 4.78 is 0. The first-order valence-corrected chi connectivity index (χ1v) is 6.26. The Labute approximate surface area is 86.8 Å². The highest BCUT2D eigenvalue weighted by molar-refractivity contribution is 5.14. The second-order valence-electron chi connectivity index (χ2n) is 5.67. The van der Waals surface area contributed by atoms with Crippen LogP contribution in [-0.4, -0.2) is 6.04 Å². The highest BCUT2D eigenvalue weighted by Crippen LogP contribution is 2.49. The van der Waals surface area contributed by atoms with Crippen molar-refractivity contribution in [2.45, 2.75) is 51.0 Å². The van der Waals surface area contributed by atoms with Gasteiger partial charge in [-0.05, 0) is 56.3 Å². The van der Waals surface area contributed by atoms with E-state index < -0.39 is 0 Å². The first kappa shape index (κ1) is 8.96. The van der Waals surface area contributed by atoms with Gasteiger partial charge in [-0.15, -0.1) is 0 Å². The lowest BCUT2D eigenvalue weighted by Gasteiger charge is -2.18. The summed E-state index contributed by atoms with van der Waals surface area (Å²) in [7, 11) is 0. The van der Waals surface area contributed by atoms with Gasteiger partial charge in [0.25, 0.3) is 0 Å². The average Bonchev–Trinajstić information content (AvgIpc) is 2.82. The lowest BCUT2D eigenvalue weighted by Crippen LogP contribution is -2.13. The van der Waals surface area contributed by atoms with E-state index in [1.807, 2.05) is 0 Å². The molecule has 0 spiro atoms. The molecule has 14 heavy (non-hydrogen) atoms. The molecular weight excluding hydrogens is 170 g/mol. The summed E-state index contributed by atoms with van der Waals surface area (Å²) in [6, 6.07) is 0.472. The average molecular weight is 191 g/mol. The molecule has 3 saturated carbocycles. The van der Waals surface area contributed by atoms with E-state index >= 15 is 0 Å². The van der Waals surface area contributed by atoms with Gasteiger partial charge < -0.3 is 5.73 Å². The van der Waals surface area contributed by atoms with E-state index in [1.54, 1.807) is 5.57 Å². The molecule has 0 heterocycles. The Hall–Kier alpha value is -0.300. The van der Waals surface area contributed by atoms with E-state index in [2.05, 4.69) is 6.08 Å². The summed E-state index contributed by atoms with van der Waals surface area (Å²) in [5.41, 5.74) is 7.61. The van der Waals surface area contributed by atoms with Crippen LogP contribution in [0.2, 0.25) is 0 Å². The molecule has 2 bridgehead atoms. The van der Waals surface area contributed by atoms with Gasteiger partial charge >= 0.3 is 0 Å². The van der Waals surface area contributed by atoms with Gasteiger partial charge in [0.2, 0.25) is 0 Å². The first-order chi connectivity index (χ1) is 6.81. The standard InChI is InChI=1S/C13H21N/c14-13-4-2-10(8-13)7-12-6-9-1-3-11(12)5-9/h7,9,11-13H,1-6,8,14H2/b10-7-. The van der Waals surface area contributed by atoms with Crippen LogP contribution in [0.5, 0.6) is 0 Å². The molecule has 2 N–H and O–H groups in total. The molecule has 3 rings (SSSR count). The van der Waals surface area contributed by atoms with Crippen molar-refractivity contribution in [1.29, 1.82) is 0 Å². The predicted octanol–water partition coefficient (Wildman–Crippen LogP) is 2.86. The summed E-state index contributed by atoms with van der Waals surface area (Å²) in [4.78, 5) is 0.